The van der Waals surface area contributed by atoms with Crippen molar-refractivity contribution in [1.29, 1.82) is 0 Å². The first-order chi connectivity index (χ1) is 9.65. The maximum Gasteiger partial charge on any atom is 0.191 e. The molecular weight excluding hydrogens is 338 g/mol. The van der Waals surface area contributed by atoms with E-state index in [1.807, 2.05) is 30.3 Å². The molecule has 0 aromatic heterocycles. The molecular formula is C14H12BrN3OS. The topological polar surface area (TPSA) is 56.7 Å². The number of aromatic hydroxyl groups is 1. The van der Waals surface area contributed by atoms with Crippen molar-refractivity contribution in [2.45, 2.75) is 0 Å². The first-order valence-corrected chi connectivity index (χ1v) is 6.99. The standard InChI is InChI=1S/C14H12BrN3OS/c15-11-6-7-13(19)10(8-11)9-16-18-14(20)17-12-4-2-1-3-5-12/h1-9,19H,(H2,17,18,20). The average molecular weight is 350 g/mol. The Morgan fingerprint density at radius 3 is 2.70 bits per heavy atom. The molecule has 0 bridgehead atoms. The maximum absolute atomic E-state index is 9.65. The molecule has 0 aliphatic rings. The van der Waals surface area contributed by atoms with E-state index in [1.165, 1.54) is 6.21 Å². The van der Waals surface area contributed by atoms with E-state index in [2.05, 4.69) is 31.8 Å². The largest absolute Gasteiger partial charge is 0.507 e. The number of para-hydroxylation sites is 1. The molecule has 0 atom stereocenters. The molecule has 0 aliphatic carbocycles. The van der Waals surface area contributed by atoms with Crippen molar-refractivity contribution in [2.24, 2.45) is 5.10 Å². The van der Waals surface area contributed by atoms with E-state index < -0.39 is 0 Å². The Morgan fingerprint density at radius 1 is 1.20 bits per heavy atom. The van der Waals surface area contributed by atoms with E-state index in [4.69, 9.17) is 12.2 Å². The number of nitrogens with one attached hydrogen (secondary N) is 2. The summed E-state index contributed by atoms with van der Waals surface area (Å²) < 4.78 is 0.863. The summed E-state index contributed by atoms with van der Waals surface area (Å²) in [5, 5.41) is 17.0. The monoisotopic (exact) mass is 349 g/mol. The lowest BCUT2D eigenvalue weighted by atomic mass is 10.2. The zero-order valence-corrected chi connectivity index (χ0v) is 12.8. The minimum absolute atomic E-state index is 0.153. The van der Waals surface area contributed by atoms with Crippen LogP contribution in [0.2, 0.25) is 0 Å². The van der Waals surface area contributed by atoms with E-state index in [0.717, 1.165) is 10.2 Å². The van der Waals surface area contributed by atoms with Crippen LogP contribution in [0.25, 0.3) is 0 Å². The fourth-order valence-electron chi connectivity index (χ4n) is 1.47. The molecule has 0 amide bonds. The number of halogens is 1. The Labute approximate surface area is 130 Å². The molecule has 2 rings (SSSR count). The first-order valence-electron chi connectivity index (χ1n) is 5.79. The number of nitrogens with zero attached hydrogens (tertiary/aromatic N) is 1. The summed E-state index contributed by atoms with van der Waals surface area (Å²) in [5.41, 5.74) is 4.16. The lowest BCUT2D eigenvalue weighted by Crippen LogP contribution is -2.23. The summed E-state index contributed by atoms with van der Waals surface area (Å²) in [6.45, 7) is 0. The van der Waals surface area contributed by atoms with Crippen molar-refractivity contribution in [3.63, 3.8) is 0 Å². The second-order valence-corrected chi connectivity index (χ2v) is 5.22. The molecule has 20 heavy (non-hydrogen) atoms. The molecule has 6 heteroatoms. The number of hydrogen-bond acceptors (Lipinski definition) is 3. The SMILES string of the molecule is Oc1ccc(Br)cc1C=NNC(=S)Nc1ccccc1. The molecule has 0 radical (unpaired) electrons. The number of anilines is 1. The Bertz CT molecular complexity index is 632. The minimum Gasteiger partial charge on any atom is -0.507 e. The van der Waals surface area contributed by atoms with Crippen molar-refractivity contribution in [3.8, 4) is 5.75 Å². The van der Waals surface area contributed by atoms with Crippen LogP contribution >= 0.6 is 28.1 Å². The summed E-state index contributed by atoms with van der Waals surface area (Å²) in [6.07, 6.45) is 1.50. The number of phenolic OH excluding ortho intramolecular Hbond substituents is 1. The van der Waals surface area contributed by atoms with Gasteiger partial charge >= 0.3 is 0 Å². The number of hydrazone groups is 1. The number of thiocarbonyl (C=S) groups is 1. The van der Waals surface area contributed by atoms with E-state index in [0.29, 0.717) is 10.7 Å². The maximum atomic E-state index is 9.65. The highest BCUT2D eigenvalue weighted by atomic mass is 79.9. The molecule has 0 unspecified atom stereocenters. The minimum atomic E-state index is 0.153. The van der Waals surface area contributed by atoms with Gasteiger partial charge in [0.15, 0.2) is 5.11 Å². The highest BCUT2D eigenvalue weighted by molar-refractivity contribution is 9.10. The zero-order chi connectivity index (χ0) is 14.4. The normalized spacial score (nSPS) is 10.4. The molecule has 0 saturated heterocycles. The van der Waals surface area contributed by atoms with Gasteiger partial charge in [-0.1, -0.05) is 34.1 Å². The van der Waals surface area contributed by atoms with Crippen LogP contribution in [0, 0.1) is 0 Å². The summed E-state index contributed by atoms with van der Waals surface area (Å²) in [5.74, 6) is 0.153. The highest BCUT2D eigenvalue weighted by Crippen LogP contribution is 2.19. The van der Waals surface area contributed by atoms with Gasteiger partial charge in [-0.3, -0.25) is 5.43 Å². The summed E-state index contributed by atoms with van der Waals surface area (Å²) in [4.78, 5) is 0. The molecule has 2 aromatic rings. The van der Waals surface area contributed by atoms with E-state index in [-0.39, 0.29) is 5.75 Å². The third-order valence-corrected chi connectivity index (χ3v) is 3.08. The Kier molecular flexibility index (Phi) is 5.09. The molecule has 2 aromatic carbocycles. The second kappa shape index (κ2) is 7.02. The zero-order valence-electron chi connectivity index (χ0n) is 10.4. The number of rotatable bonds is 3. The summed E-state index contributed by atoms with van der Waals surface area (Å²) in [6, 6.07) is 14.6. The fourth-order valence-corrected chi connectivity index (χ4v) is 2.02. The molecule has 0 aliphatic heterocycles. The van der Waals surface area contributed by atoms with Gasteiger partial charge in [0.1, 0.15) is 5.75 Å². The lowest BCUT2D eigenvalue weighted by molar-refractivity contribution is 0.474. The van der Waals surface area contributed by atoms with Crippen molar-refractivity contribution in [3.05, 3.63) is 58.6 Å². The fraction of sp³-hybridized carbons (Fsp3) is 0. The van der Waals surface area contributed by atoms with Crippen LogP contribution in [0.4, 0.5) is 5.69 Å². The Morgan fingerprint density at radius 2 is 1.95 bits per heavy atom. The van der Waals surface area contributed by atoms with E-state index >= 15 is 0 Å². The molecule has 102 valence electrons. The average Bonchev–Trinajstić information content (AvgIpc) is 2.44. The van der Waals surface area contributed by atoms with Crippen molar-refractivity contribution >= 4 is 45.2 Å². The molecule has 4 nitrogen and oxygen atoms in total. The van der Waals surface area contributed by atoms with Crippen LogP contribution in [0.15, 0.2) is 58.1 Å². The summed E-state index contributed by atoms with van der Waals surface area (Å²) >= 11 is 8.43. The Balaban J connectivity index is 1.93. The quantitative estimate of drug-likeness (QED) is 0.451. The smallest absolute Gasteiger partial charge is 0.191 e. The summed E-state index contributed by atoms with van der Waals surface area (Å²) in [7, 11) is 0. The van der Waals surface area contributed by atoms with Crippen molar-refractivity contribution < 1.29 is 5.11 Å². The van der Waals surface area contributed by atoms with Gasteiger partial charge in [0.25, 0.3) is 0 Å². The molecule has 0 spiro atoms. The van der Waals surface area contributed by atoms with Crippen LogP contribution < -0.4 is 10.7 Å². The van der Waals surface area contributed by atoms with Crippen LogP contribution in [0.3, 0.4) is 0 Å². The van der Waals surface area contributed by atoms with Gasteiger partial charge in [-0.15, -0.1) is 0 Å². The molecule has 0 heterocycles. The Hall–Kier alpha value is -1.92. The molecule has 0 saturated carbocycles. The van der Waals surface area contributed by atoms with Crippen LogP contribution in [0.1, 0.15) is 5.56 Å². The van der Waals surface area contributed by atoms with Gasteiger partial charge in [0.2, 0.25) is 0 Å². The number of phenols is 1. The van der Waals surface area contributed by atoms with Crippen molar-refractivity contribution in [1.82, 2.24) is 5.43 Å². The number of hydrogen-bond donors (Lipinski definition) is 3. The third kappa shape index (κ3) is 4.32. The van der Waals surface area contributed by atoms with Crippen LogP contribution in [-0.4, -0.2) is 16.4 Å². The third-order valence-electron chi connectivity index (χ3n) is 2.39. The second-order valence-electron chi connectivity index (χ2n) is 3.89. The molecule has 0 fully saturated rings. The van der Waals surface area contributed by atoms with Crippen LogP contribution in [-0.2, 0) is 0 Å². The number of benzene rings is 2. The predicted octanol–water partition coefficient (Wildman–Crippen LogP) is 3.48. The highest BCUT2D eigenvalue weighted by Gasteiger charge is 1.99. The van der Waals surface area contributed by atoms with Crippen LogP contribution in [0.5, 0.6) is 5.75 Å². The first kappa shape index (κ1) is 14.5. The lowest BCUT2D eigenvalue weighted by Gasteiger charge is -2.06. The van der Waals surface area contributed by atoms with Gasteiger partial charge < -0.3 is 10.4 Å². The van der Waals surface area contributed by atoms with Gasteiger partial charge in [0, 0.05) is 15.7 Å². The van der Waals surface area contributed by atoms with E-state index in [9.17, 15) is 5.11 Å². The predicted molar refractivity (Wildman–Crippen MR) is 89.2 cm³/mol. The van der Waals surface area contributed by atoms with Gasteiger partial charge in [0.05, 0.1) is 6.21 Å². The van der Waals surface area contributed by atoms with Gasteiger partial charge in [-0.05, 0) is 42.5 Å². The molecule has 3 N–H and O–H groups in total. The van der Waals surface area contributed by atoms with Gasteiger partial charge in [-0.25, -0.2) is 0 Å². The van der Waals surface area contributed by atoms with Gasteiger partial charge in [-0.2, -0.15) is 5.10 Å². The van der Waals surface area contributed by atoms with E-state index in [1.54, 1.807) is 18.2 Å². The van der Waals surface area contributed by atoms with Crippen molar-refractivity contribution in [2.75, 3.05) is 5.32 Å².